The summed E-state index contributed by atoms with van der Waals surface area (Å²) in [6, 6.07) is 0. The fraction of sp³-hybridized carbons (Fsp3) is 0.824. The molecule has 2 aliphatic rings. The lowest BCUT2D eigenvalue weighted by Gasteiger charge is -2.24. The second kappa shape index (κ2) is 8.46. The maximum absolute atomic E-state index is 12.3. The third-order valence-corrected chi connectivity index (χ3v) is 4.82. The van der Waals surface area contributed by atoms with Gasteiger partial charge in [0.25, 0.3) is 0 Å². The second-order valence-corrected chi connectivity index (χ2v) is 6.37. The minimum atomic E-state index is 0.385. The van der Waals surface area contributed by atoms with Crippen molar-refractivity contribution in [2.75, 3.05) is 32.7 Å². The molecule has 0 aromatic carbocycles. The van der Waals surface area contributed by atoms with Crippen LogP contribution in [-0.4, -0.2) is 48.4 Å². The summed E-state index contributed by atoms with van der Waals surface area (Å²) in [5, 5.41) is 0. The molecule has 3 nitrogen and oxygen atoms in total. The Hall–Kier alpha value is -0.830. The van der Waals surface area contributed by atoms with Gasteiger partial charge in [0.1, 0.15) is 0 Å². The number of amides is 1. The van der Waals surface area contributed by atoms with Crippen LogP contribution in [0.3, 0.4) is 0 Å². The minimum absolute atomic E-state index is 0.385. The molecule has 3 heteroatoms. The number of hydrogen-bond acceptors (Lipinski definition) is 2. The van der Waals surface area contributed by atoms with E-state index in [2.05, 4.69) is 16.4 Å². The summed E-state index contributed by atoms with van der Waals surface area (Å²) in [6.07, 6.45) is 11.8. The van der Waals surface area contributed by atoms with Crippen molar-refractivity contribution in [3.63, 3.8) is 0 Å². The number of hydrogen-bond donors (Lipinski definition) is 0. The highest BCUT2D eigenvalue weighted by Gasteiger charge is 2.20. The third-order valence-electron chi connectivity index (χ3n) is 4.82. The Bertz CT molecular complexity index is 310. The van der Waals surface area contributed by atoms with Crippen molar-refractivity contribution >= 4 is 5.91 Å². The highest BCUT2D eigenvalue weighted by atomic mass is 16.2. The summed E-state index contributed by atoms with van der Waals surface area (Å²) in [5.41, 5.74) is 0. The van der Waals surface area contributed by atoms with Crippen LogP contribution in [-0.2, 0) is 4.79 Å². The first-order valence-electron chi connectivity index (χ1n) is 8.40. The van der Waals surface area contributed by atoms with Crippen LogP contribution >= 0.6 is 0 Å². The van der Waals surface area contributed by atoms with E-state index in [9.17, 15) is 4.79 Å². The van der Waals surface area contributed by atoms with Gasteiger partial charge >= 0.3 is 0 Å². The molecule has 2 rings (SSSR count). The molecule has 0 atom stereocenters. The molecule has 1 aliphatic carbocycles. The van der Waals surface area contributed by atoms with Crippen LogP contribution < -0.4 is 0 Å². The monoisotopic (exact) mass is 278 g/mol. The summed E-state index contributed by atoms with van der Waals surface area (Å²) in [5.74, 6) is 1.20. The summed E-state index contributed by atoms with van der Waals surface area (Å²) < 4.78 is 0. The molecule has 1 aliphatic heterocycles. The van der Waals surface area contributed by atoms with E-state index in [0.29, 0.717) is 5.91 Å². The van der Waals surface area contributed by atoms with E-state index in [-0.39, 0.29) is 0 Å². The van der Waals surface area contributed by atoms with Gasteiger partial charge in [-0.15, -0.1) is 6.58 Å². The van der Waals surface area contributed by atoms with E-state index < -0.39 is 0 Å². The van der Waals surface area contributed by atoms with Crippen molar-refractivity contribution in [3.05, 3.63) is 12.7 Å². The van der Waals surface area contributed by atoms with Gasteiger partial charge < -0.3 is 4.90 Å². The van der Waals surface area contributed by atoms with Crippen LogP contribution in [0.5, 0.6) is 0 Å². The predicted octanol–water partition coefficient (Wildman–Crippen LogP) is 3.07. The fourth-order valence-corrected chi connectivity index (χ4v) is 3.55. The van der Waals surface area contributed by atoms with Crippen molar-refractivity contribution in [3.8, 4) is 0 Å². The minimum Gasteiger partial charge on any atom is -0.341 e. The zero-order valence-corrected chi connectivity index (χ0v) is 12.9. The van der Waals surface area contributed by atoms with Gasteiger partial charge in [-0.3, -0.25) is 9.69 Å². The van der Waals surface area contributed by atoms with Gasteiger partial charge in [-0.25, -0.2) is 0 Å². The maximum atomic E-state index is 12.3. The number of carbonyl (C=O) groups excluding carboxylic acids is 1. The van der Waals surface area contributed by atoms with Crippen molar-refractivity contribution in [1.29, 1.82) is 0 Å². The summed E-state index contributed by atoms with van der Waals surface area (Å²) in [7, 11) is 0. The lowest BCUT2D eigenvalue weighted by Crippen LogP contribution is -2.35. The van der Waals surface area contributed by atoms with Crippen LogP contribution in [0.2, 0.25) is 0 Å². The molecule has 0 radical (unpaired) electrons. The number of rotatable bonds is 5. The zero-order chi connectivity index (χ0) is 14.2. The van der Waals surface area contributed by atoms with Crippen LogP contribution in [0.4, 0.5) is 0 Å². The molecule has 0 aromatic heterocycles. The Morgan fingerprint density at radius 3 is 2.60 bits per heavy atom. The molecule has 20 heavy (non-hydrogen) atoms. The van der Waals surface area contributed by atoms with Crippen LogP contribution in [0.1, 0.15) is 51.4 Å². The smallest absolute Gasteiger partial charge is 0.222 e. The van der Waals surface area contributed by atoms with Gasteiger partial charge in [0.15, 0.2) is 0 Å². The molecule has 0 spiro atoms. The standard InChI is InChI=1S/C17H30N2O/c1-2-11-18-12-6-13-19(15-14-18)17(20)10-9-16-7-4-3-5-8-16/h2,16H,1,3-15H2. The van der Waals surface area contributed by atoms with E-state index in [0.717, 1.165) is 57.9 Å². The molecule has 0 bridgehead atoms. The van der Waals surface area contributed by atoms with Crippen molar-refractivity contribution in [1.82, 2.24) is 9.80 Å². The van der Waals surface area contributed by atoms with Gasteiger partial charge in [0.05, 0.1) is 0 Å². The average molecular weight is 278 g/mol. The lowest BCUT2D eigenvalue weighted by atomic mass is 9.86. The van der Waals surface area contributed by atoms with Crippen molar-refractivity contribution in [2.24, 2.45) is 5.92 Å². The first kappa shape index (κ1) is 15.6. The largest absolute Gasteiger partial charge is 0.341 e. The van der Waals surface area contributed by atoms with Gasteiger partial charge in [0, 0.05) is 39.1 Å². The Morgan fingerprint density at radius 1 is 1.05 bits per heavy atom. The van der Waals surface area contributed by atoms with Gasteiger partial charge in [-0.1, -0.05) is 38.2 Å². The van der Waals surface area contributed by atoms with Gasteiger partial charge in [-0.05, 0) is 18.8 Å². The quantitative estimate of drug-likeness (QED) is 0.722. The highest BCUT2D eigenvalue weighted by molar-refractivity contribution is 5.76. The van der Waals surface area contributed by atoms with Gasteiger partial charge in [-0.2, -0.15) is 0 Å². The van der Waals surface area contributed by atoms with Gasteiger partial charge in [0.2, 0.25) is 5.91 Å². The molecule has 1 heterocycles. The zero-order valence-electron chi connectivity index (χ0n) is 12.9. The molecule has 1 amide bonds. The van der Waals surface area contributed by atoms with E-state index in [4.69, 9.17) is 0 Å². The third kappa shape index (κ3) is 4.93. The van der Waals surface area contributed by atoms with Crippen molar-refractivity contribution in [2.45, 2.75) is 51.4 Å². The fourth-order valence-electron chi connectivity index (χ4n) is 3.55. The van der Waals surface area contributed by atoms with E-state index in [1.165, 1.54) is 32.1 Å². The van der Waals surface area contributed by atoms with E-state index >= 15 is 0 Å². The molecular formula is C17H30N2O. The molecule has 0 aromatic rings. The number of carbonyl (C=O) groups is 1. The summed E-state index contributed by atoms with van der Waals surface area (Å²) in [6.45, 7) is 8.69. The molecule has 1 saturated carbocycles. The SMILES string of the molecule is C=CCN1CCCN(C(=O)CCC2CCCCC2)CC1. The maximum Gasteiger partial charge on any atom is 0.222 e. The Balaban J connectivity index is 1.70. The van der Waals surface area contributed by atoms with Crippen molar-refractivity contribution < 1.29 is 4.79 Å². The Labute approximate surface area is 124 Å². The highest BCUT2D eigenvalue weighted by Crippen LogP contribution is 2.27. The second-order valence-electron chi connectivity index (χ2n) is 6.37. The molecular weight excluding hydrogens is 248 g/mol. The first-order chi connectivity index (χ1) is 9.79. The number of nitrogens with zero attached hydrogens (tertiary/aromatic N) is 2. The Morgan fingerprint density at radius 2 is 1.85 bits per heavy atom. The molecule has 0 unspecified atom stereocenters. The predicted molar refractivity (Wildman–Crippen MR) is 83.6 cm³/mol. The normalized spacial score (nSPS) is 22.5. The topological polar surface area (TPSA) is 23.6 Å². The van der Waals surface area contributed by atoms with E-state index in [1.54, 1.807) is 0 Å². The molecule has 0 N–H and O–H groups in total. The van der Waals surface area contributed by atoms with Crippen LogP contribution in [0, 0.1) is 5.92 Å². The molecule has 1 saturated heterocycles. The summed E-state index contributed by atoms with van der Waals surface area (Å²) >= 11 is 0. The molecule has 114 valence electrons. The average Bonchev–Trinajstić information content (AvgIpc) is 2.72. The Kier molecular flexibility index (Phi) is 6.58. The van der Waals surface area contributed by atoms with Crippen LogP contribution in [0.15, 0.2) is 12.7 Å². The summed E-state index contributed by atoms with van der Waals surface area (Å²) in [4.78, 5) is 16.8. The molecule has 2 fully saturated rings. The first-order valence-corrected chi connectivity index (χ1v) is 8.40. The van der Waals surface area contributed by atoms with Crippen LogP contribution in [0.25, 0.3) is 0 Å². The lowest BCUT2D eigenvalue weighted by molar-refractivity contribution is -0.131. The van der Waals surface area contributed by atoms with E-state index in [1.807, 2.05) is 6.08 Å².